The van der Waals surface area contributed by atoms with Crippen molar-refractivity contribution in [3.63, 3.8) is 0 Å². The number of benzene rings is 1. The van der Waals surface area contributed by atoms with Crippen molar-refractivity contribution in [2.75, 3.05) is 6.54 Å². The first kappa shape index (κ1) is 18.2. The third-order valence-electron chi connectivity index (χ3n) is 4.78. The highest BCUT2D eigenvalue weighted by Crippen LogP contribution is 2.31. The Balaban J connectivity index is 2.84. The molecular formula is C20H35N. The van der Waals surface area contributed by atoms with Crippen LogP contribution in [0, 0.1) is 5.41 Å². The first-order valence-electron chi connectivity index (χ1n) is 8.55. The smallest absolute Gasteiger partial charge is 0.00132 e. The summed E-state index contributed by atoms with van der Waals surface area (Å²) in [6.07, 6.45) is 3.62. The Hall–Kier alpha value is -0.820. The molecule has 0 spiro atoms. The van der Waals surface area contributed by atoms with E-state index in [0.29, 0.717) is 11.5 Å². The summed E-state index contributed by atoms with van der Waals surface area (Å²) in [6.45, 7) is 17.1. The molecule has 21 heavy (non-hydrogen) atoms. The van der Waals surface area contributed by atoms with Gasteiger partial charge in [-0.05, 0) is 41.2 Å². The molecule has 1 aromatic rings. The van der Waals surface area contributed by atoms with Crippen LogP contribution in [0.15, 0.2) is 24.3 Å². The molecule has 0 atom stereocenters. The summed E-state index contributed by atoms with van der Waals surface area (Å²) >= 11 is 0. The second-order valence-corrected chi connectivity index (χ2v) is 7.87. The molecule has 0 aliphatic rings. The lowest BCUT2D eigenvalue weighted by molar-refractivity contribution is 0.239. The van der Waals surface area contributed by atoms with Crippen LogP contribution in [0.3, 0.4) is 0 Å². The Labute approximate surface area is 132 Å². The lowest BCUT2D eigenvalue weighted by Crippen LogP contribution is -2.38. The van der Waals surface area contributed by atoms with Crippen LogP contribution in [0.2, 0.25) is 0 Å². The van der Waals surface area contributed by atoms with Gasteiger partial charge in [0, 0.05) is 12.6 Å². The molecule has 0 heterocycles. The van der Waals surface area contributed by atoms with Gasteiger partial charge in [0.15, 0.2) is 0 Å². The van der Waals surface area contributed by atoms with Gasteiger partial charge in [0.2, 0.25) is 0 Å². The molecule has 0 unspecified atom stereocenters. The molecule has 1 heteroatoms. The van der Waals surface area contributed by atoms with Gasteiger partial charge in [-0.15, -0.1) is 0 Å². The molecule has 0 saturated heterocycles. The third-order valence-corrected chi connectivity index (χ3v) is 4.78. The van der Waals surface area contributed by atoms with Crippen LogP contribution in [0.25, 0.3) is 0 Å². The van der Waals surface area contributed by atoms with E-state index in [1.807, 2.05) is 0 Å². The van der Waals surface area contributed by atoms with Crippen molar-refractivity contribution >= 4 is 0 Å². The van der Waals surface area contributed by atoms with Gasteiger partial charge in [-0.2, -0.15) is 0 Å². The van der Waals surface area contributed by atoms with Crippen LogP contribution in [0.4, 0.5) is 0 Å². The predicted octanol–water partition coefficient (Wildman–Crippen LogP) is 5.33. The lowest BCUT2D eigenvalue weighted by Gasteiger charge is -2.33. The van der Waals surface area contributed by atoms with Crippen molar-refractivity contribution in [1.29, 1.82) is 0 Å². The van der Waals surface area contributed by atoms with E-state index >= 15 is 0 Å². The maximum atomic E-state index is 3.64. The van der Waals surface area contributed by atoms with Gasteiger partial charge in [0.25, 0.3) is 0 Å². The topological polar surface area (TPSA) is 12.0 Å². The monoisotopic (exact) mass is 289 g/mol. The molecule has 0 aliphatic carbocycles. The van der Waals surface area contributed by atoms with E-state index in [1.165, 1.54) is 30.4 Å². The molecule has 0 aliphatic heterocycles. The summed E-state index contributed by atoms with van der Waals surface area (Å²) in [5.41, 5.74) is 3.51. The number of rotatable bonds is 7. The first-order valence-corrected chi connectivity index (χ1v) is 8.55. The summed E-state index contributed by atoms with van der Waals surface area (Å²) in [5, 5.41) is 3.64. The maximum Gasteiger partial charge on any atom is 0.00132 e. The molecule has 0 radical (unpaired) electrons. The van der Waals surface area contributed by atoms with Gasteiger partial charge in [-0.1, -0.05) is 72.7 Å². The highest BCUT2D eigenvalue weighted by atomic mass is 14.9. The fourth-order valence-electron chi connectivity index (χ4n) is 2.79. The molecule has 0 amide bonds. The molecule has 0 fully saturated rings. The highest BCUT2D eigenvalue weighted by Gasteiger charge is 2.26. The van der Waals surface area contributed by atoms with Crippen LogP contribution >= 0.6 is 0 Å². The molecule has 0 saturated carbocycles. The van der Waals surface area contributed by atoms with E-state index in [-0.39, 0.29) is 5.41 Å². The van der Waals surface area contributed by atoms with Crippen molar-refractivity contribution in [3.8, 4) is 0 Å². The van der Waals surface area contributed by atoms with Crippen molar-refractivity contribution in [3.05, 3.63) is 35.4 Å². The Kier molecular flexibility index (Phi) is 6.46. The maximum absolute atomic E-state index is 3.64. The second kappa shape index (κ2) is 7.45. The zero-order chi connectivity index (χ0) is 16.1. The normalized spacial score (nSPS) is 13.0. The van der Waals surface area contributed by atoms with Gasteiger partial charge in [0.05, 0.1) is 0 Å². The fourth-order valence-corrected chi connectivity index (χ4v) is 2.79. The molecule has 1 aromatic carbocycles. The van der Waals surface area contributed by atoms with Crippen molar-refractivity contribution in [2.45, 2.75) is 79.2 Å². The number of nitrogens with one attached hydrogen (secondary N) is 1. The lowest BCUT2D eigenvalue weighted by atomic mass is 9.76. The van der Waals surface area contributed by atoms with Crippen molar-refractivity contribution < 1.29 is 0 Å². The highest BCUT2D eigenvalue weighted by molar-refractivity contribution is 5.28. The molecule has 1 N–H and O–H groups in total. The summed E-state index contributed by atoms with van der Waals surface area (Å²) in [6, 6.07) is 9.83. The zero-order valence-corrected chi connectivity index (χ0v) is 15.2. The molecule has 0 bridgehead atoms. The van der Waals surface area contributed by atoms with E-state index in [0.717, 1.165) is 6.54 Å². The van der Waals surface area contributed by atoms with Crippen LogP contribution in [0.5, 0.6) is 0 Å². The molecule has 120 valence electrons. The van der Waals surface area contributed by atoms with Gasteiger partial charge >= 0.3 is 0 Å². The van der Waals surface area contributed by atoms with Crippen LogP contribution < -0.4 is 5.32 Å². The van der Waals surface area contributed by atoms with Crippen LogP contribution in [0.1, 0.15) is 72.4 Å². The average Bonchev–Trinajstić information content (AvgIpc) is 2.43. The van der Waals surface area contributed by atoms with E-state index in [4.69, 9.17) is 0 Å². The SMILES string of the molecule is CCC(CC)(CNC(C)C)Cc1ccc(C(C)(C)C)cc1. The minimum absolute atomic E-state index is 0.240. The quantitative estimate of drug-likeness (QED) is 0.715. The zero-order valence-electron chi connectivity index (χ0n) is 15.2. The fraction of sp³-hybridized carbons (Fsp3) is 0.700. The van der Waals surface area contributed by atoms with Crippen molar-refractivity contribution in [1.82, 2.24) is 5.32 Å². The van der Waals surface area contributed by atoms with E-state index < -0.39 is 0 Å². The Morgan fingerprint density at radius 1 is 0.952 bits per heavy atom. The summed E-state index contributed by atoms with van der Waals surface area (Å²) in [5.74, 6) is 0. The van der Waals surface area contributed by atoms with E-state index in [2.05, 4.69) is 78.0 Å². The minimum atomic E-state index is 0.240. The first-order chi connectivity index (χ1) is 9.72. The van der Waals surface area contributed by atoms with Gasteiger partial charge < -0.3 is 5.32 Å². The third kappa shape index (κ3) is 5.47. The summed E-state index contributed by atoms with van der Waals surface area (Å²) in [7, 11) is 0. The Bertz CT molecular complexity index is 404. The van der Waals surface area contributed by atoms with E-state index in [9.17, 15) is 0 Å². The Morgan fingerprint density at radius 2 is 1.48 bits per heavy atom. The molecule has 1 rings (SSSR count). The van der Waals surface area contributed by atoms with Crippen molar-refractivity contribution in [2.24, 2.45) is 5.41 Å². The largest absolute Gasteiger partial charge is 0.314 e. The summed E-state index contributed by atoms with van der Waals surface area (Å²) in [4.78, 5) is 0. The van der Waals surface area contributed by atoms with Crippen LogP contribution in [-0.2, 0) is 11.8 Å². The molecular weight excluding hydrogens is 254 g/mol. The molecule has 1 nitrogen and oxygen atoms in total. The minimum Gasteiger partial charge on any atom is -0.314 e. The van der Waals surface area contributed by atoms with Gasteiger partial charge in [-0.25, -0.2) is 0 Å². The number of hydrogen-bond acceptors (Lipinski definition) is 1. The van der Waals surface area contributed by atoms with Gasteiger partial charge in [0.1, 0.15) is 0 Å². The average molecular weight is 290 g/mol. The van der Waals surface area contributed by atoms with Gasteiger partial charge in [-0.3, -0.25) is 0 Å². The number of hydrogen-bond donors (Lipinski definition) is 1. The van der Waals surface area contributed by atoms with Crippen LogP contribution in [-0.4, -0.2) is 12.6 Å². The molecule has 0 aromatic heterocycles. The predicted molar refractivity (Wildman–Crippen MR) is 95.0 cm³/mol. The standard InChI is InChI=1S/C20H35N/c1-8-20(9-2,15-21-16(3)4)14-17-10-12-18(13-11-17)19(5,6)7/h10-13,16,21H,8-9,14-15H2,1-7H3. The van der Waals surface area contributed by atoms with E-state index in [1.54, 1.807) is 0 Å². The summed E-state index contributed by atoms with van der Waals surface area (Å²) < 4.78 is 0. The second-order valence-electron chi connectivity index (χ2n) is 7.87. The Morgan fingerprint density at radius 3 is 1.86 bits per heavy atom.